The summed E-state index contributed by atoms with van der Waals surface area (Å²) in [7, 11) is 0. The van der Waals surface area contributed by atoms with E-state index in [0.29, 0.717) is 10.8 Å². The number of rotatable bonds is 2. The van der Waals surface area contributed by atoms with E-state index in [4.69, 9.17) is 0 Å². The van der Waals surface area contributed by atoms with Gasteiger partial charge in [0.05, 0.1) is 0 Å². The van der Waals surface area contributed by atoms with Gasteiger partial charge in [0.1, 0.15) is 0 Å². The third kappa shape index (κ3) is 4.12. The van der Waals surface area contributed by atoms with Crippen LogP contribution in [0.2, 0.25) is 0 Å². The summed E-state index contributed by atoms with van der Waals surface area (Å²) in [5.41, 5.74) is 4.04. The van der Waals surface area contributed by atoms with E-state index in [1.54, 1.807) is 11.1 Å². The van der Waals surface area contributed by atoms with Gasteiger partial charge in [-0.3, -0.25) is 4.90 Å². The summed E-state index contributed by atoms with van der Waals surface area (Å²) in [6, 6.07) is 0. The van der Waals surface area contributed by atoms with Crippen molar-refractivity contribution in [1.29, 1.82) is 0 Å². The van der Waals surface area contributed by atoms with Crippen molar-refractivity contribution in [2.24, 2.45) is 10.8 Å². The van der Waals surface area contributed by atoms with Crippen LogP contribution >= 0.6 is 0 Å². The zero-order chi connectivity index (χ0) is 14.0. The Kier molecular flexibility index (Phi) is 5.05. The summed E-state index contributed by atoms with van der Waals surface area (Å²) in [5.74, 6) is 0. The smallest absolute Gasteiger partial charge is 0.0201 e. The molecule has 0 amide bonds. The van der Waals surface area contributed by atoms with Crippen LogP contribution in [0.5, 0.6) is 0 Å². The third-order valence-electron chi connectivity index (χ3n) is 4.00. The van der Waals surface area contributed by atoms with Gasteiger partial charge in [-0.1, -0.05) is 59.6 Å². The summed E-state index contributed by atoms with van der Waals surface area (Å²) in [6.07, 6.45) is 3.88. The second kappa shape index (κ2) is 5.77. The summed E-state index contributed by atoms with van der Waals surface area (Å²) in [4.78, 5) is 2.65. The maximum Gasteiger partial charge on any atom is 0.0201 e. The molecule has 18 heavy (non-hydrogen) atoms. The first kappa shape index (κ1) is 15.8. The lowest BCUT2D eigenvalue weighted by Crippen LogP contribution is -2.31. The maximum atomic E-state index is 2.65. The lowest BCUT2D eigenvalue weighted by molar-refractivity contribution is 0.282. The van der Waals surface area contributed by atoms with Gasteiger partial charge in [0.15, 0.2) is 0 Å². The first-order valence-corrected chi connectivity index (χ1v) is 7.61. The predicted molar refractivity (Wildman–Crippen MR) is 81.9 cm³/mol. The molecule has 0 atom stereocenters. The summed E-state index contributed by atoms with van der Waals surface area (Å²) in [5, 5.41) is 0. The molecule has 1 heterocycles. The highest BCUT2D eigenvalue weighted by atomic mass is 15.1. The van der Waals surface area contributed by atoms with Crippen LogP contribution in [-0.4, -0.2) is 24.5 Å². The van der Waals surface area contributed by atoms with E-state index in [9.17, 15) is 0 Å². The first-order valence-electron chi connectivity index (χ1n) is 7.61. The van der Waals surface area contributed by atoms with Crippen molar-refractivity contribution < 1.29 is 0 Å². The highest BCUT2D eigenvalue weighted by Crippen LogP contribution is 2.40. The van der Waals surface area contributed by atoms with E-state index >= 15 is 0 Å². The molecule has 0 aromatic carbocycles. The predicted octanol–water partition coefficient (Wildman–Crippen LogP) is 4.88. The maximum absolute atomic E-state index is 2.65. The SMILES string of the molecule is CCCN1CCCC(C(C)(C)C)=C(C(C)(C)C)C1. The minimum Gasteiger partial charge on any atom is -0.299 e. The van der Waals surface area contributed by atoms with Crippen molar-refractivity contribution in [3.8, 4) is 0 Å². The fourth-order valence-corrected chi connectivity index (χ4v) is 3.05. The standard InChI is InChI=1S/C17H33N/c1-8-11-18-12-9-10-14(16(2,3)4)15(13-18)17(5,6)7/h8-13H2,1-7H3. The Morgan fingerprint density at radius 3 is 1.94 bits per heavy atom. The van der Waals surface area contributed by atoms with E-state index in [0.717, 1.165) is 0 Å². The highest BCUT2D eigenvalue weighted by Gasteiger charge is 2.30. The molecule has 1 nitrogen and oxygen atoms in total. The van der Waals surface area contributed by atoms with Gasteiger partial charge in [-0.05, 0) is 43.2 Å². The molecule has 0 aromatic rings. The lowest BCUT2D eigenvalue weighted by Gasteiger charge is -2.34. The molecule has 0 unspecified atom stereocenters. The molecule has 0 aromatic heterocycles. The van der Waals surface area contributed by atoms with Gasteiger partial charge in [-0.2, -0.15) is 0 Å². The van der Waals surface area contributed by atoms with Gasteiger partial charge in [-0.25, -0.2) is 0 Å². The van der Waals surface area contributed by atoms with Crippen LogP contribution in [0.3, 0.4) is 0 Å². The van der Waals surface area contributed by atoms with Gasteiger partial charge < -0.3 is 0 Å². The average Bonchev–Trinajstić information content (AvgIpc) is 2.39. The molecule has 1 heteroatoms. The van der Waals surface area contributed by atoms with Crippen molar-refractivity contribution in [2.75, 3.05) is 19.6 Å². The molecule has 1 aliphatic rings. The van der Waals surface area contributed by atoms with Gasteiger partial charge in [0.2, 0.25) is 0 Å². The first-order chi connectivity index (χ1) is 8.16. The molecule has 106 valence electrons. The number of allylic oxidation sites excluding steroid dienone is 1. The van der Waals surface area contributed by atoms with Crippen LogP contribution in [0.4, 0.5) is 0 Å². The molecule has 0 bridgehead atoms. The Morgan fingerprint density at radius 1 is 0.944 bits per heavy atom. The van der Waals surface area contributed by atoms with Crippen molar-refractivity contribution in [1.82, 2.24) is 4.90 Å². The highest BCUT2D eigenvalue weighted by molar-refractivity contribution is 5.27. The second-order valence-corrected chi connectivity index (χ2v) is 7.84. The number of hydrogen-bond donors (Lipinski definition) is 0. The molecular formula is C17H33N. The Hall–Kier alpha value is -0.300. The van der Waals surface area contributed by atoms with Gasteiger partial charge in [0.25, 0.3) is 0 Å². The monoisotopic (exact) mass is 251 g/mol. The fraction of sp³-hybridized carbons (Fsp3) is 0.882. The lowest BCUT2D eigenvalue weighted by atomic mass is 9.74. The van der Waals surface area contributed by atoms with E-state index in [-0.39, 0.29) is 0 Å². The van der Waals surface area contributed by atoms with Crippen molar-refractivity contribution in [2.45, 2.75) is 67.7 Å². The Labute approximate surface area is 115 Å². The van der Waals surface area contributed by atoms with E-state index < -0.39 is 0 Å². The van der Waals surface area contributed by atoms with Crippen molar-refractivity contribution >= 4 is 0 Å². The fourth-order valence-electron chi connectivity index (χ4n) is 3.05. The summed E-state index contributed by atoms with van der Waals surface area (Å²) >= 11 is 0. The van der Waals surface area contributed by atoms with E-state index in [1.807, 2.05) is 0 Å². The zero-order valence-corrected chi connectivity index (χ0v) is 13.7. The molecule has 0 spiro atoms. The Balaban J connectivity index is 3.10. The molecule has 0 N–H and O–H groups in total. The van der Waals surface area contributed by atoms with Crippen molar-refractivity contribution in [3.63, 3.8) is 0 Å². The van der Waals surface area contributed by atoms with Crippen LogP contribution in [0.25, 0.3) is 0 Å². The normalized spacial score (nSPS) is 20.2. The Morgan fingerprint density at radius 2 is 1.50 bits per heavy atom. The van der Waals surface area contributed by atoms with E-state index in [1.165, 1.54) is 38.9 Å². The molecule has 0 fully saturated rings. The molecule has 0 saturated heterocycles. The summed E-state index contributed by atoms with van der Waals surface area (Å²) in [6.45, 7) is 20.3. The van der Waals surface area contributed by atoms with Gasteiger partial charge in [-0.15, -0.1) is 0 Å². The largest absolute Gasteiger partial charge is 0.299 e. The van der Waals surface area contributed by atoms with Gasteiger partial charge >= 0.3 is 0 Å². The minimum absolute atomic E-state index is 0.305. The third-order valence-corrected chi connectivity index (χ3v) is 4.00. The number of nitrogens with zero attached hydrogens (tertiary/aromatic N) is 1. The van der Waals surface area contributed by atoms with Crippen LogP contribution in [0.15, 0.2) is 11.1 Å². The van der Waals surface area contributed by atoms with Crippen LogP contribution in [0.1, 0.15) is 67.7 Å². The van der Waals surface area contributed by atoms with Crippen LogP contribution in [0, 0.1) is 10.8 Å². The molecule has 1 rings (SSSR count). The van der Waals surface area contributed by atoms with Crippen LogP contribution < -0.4 is 0 Å². The molecule has 1 aliphatic heterocycles. The van der Waals surface area contributed by atoms with Gasteiger partial charge in [0, 0.05) is 6.54 Å². The van der Waals surface area contributed by atoms with E-state index in [2.05, 4.69) is 53.4 Å². The van der Waals surface area contributed by atoms with Crippen molar-refractivity contribution in [3.05, 3.63) is 11.1 Å². The second-order valence-electron chi connectivity index (χ2n) is 7.84. The average molecular weight is 251 g/mol. The molecule has 0 saturated carbocycles. The topological polar surface area (TPSA) is 3.24 Å². The molecule has 0 aliphatic carbocycles. The summed E-state index contributed by atoms with van der Waals surface area (Å²) < 4.78 is 0. The Bertz CT molecular complexity index is 299. The quantitative estimate of drug-likeness (QED) is 0.632. The zero-order valence-electron chi connectivity index (χ0n) is 13.7. The minimum atomic E-state index is 0.305. The van der Waals surface area contributed by atoms with Crippen LogP contribution in [-0.2, 0) is 0 Å². The number of hydrogen-bond acceptors (Lipinski definition) is 1. The molecular weight excluding hydrogens is 218 g/mol. The molecule has 0 radical (unpaired) electrons.